The fraction of sp³-hybridized carbons (Fsp3) is 0. The molecule has 0 atom stereocenters. The molecule has 0 aliphatic rings. The molecule has 0 radical (unpaired) electrons. The van der Waals surface area contributed by atoms with Crippen LogP contribution < -0.4 is 0 Å². The van der Waals surface area contributed by atoms with Crippen molar-refractivity contribution in [3.05, 3.63) is 0 Å². The standard InChI is InChI=1S/O3S/c1-4(2)3/i1-15. The van der Waals surface area contributed by atoms with Crippen LogP contribution in [0, 0.1) is 0 Å². The quantitative estimate of drug-likeness (QED) is 0.363. The molecule has 0 amide bonds. The summed E-state index contributed by atoms with van der Waals surface area (Å²) in [7, 11) is -3.11. The minimum Gasteiger partial charge on any atom is -0.142 e. The van der Waals surface area contributed by atoms with Crippen LogP contribution in [0.4, 0.5) is 0 Å². The summed E-state index contributed by atoms with van der Waals surface area (Å²) >= 11 is 0. The van der Waals surface area contributed by atoms with Crippen LogP contribution in [-0.4, -0.2) is 12.6 Å². The van der Waals surface area contributed by atoms with Gasteiger partial charge in [-0.3, -0.25) is 0 Å². The van der Waals surface area contributed by atoms with Crippen molar-refractivity contribution in [1.29, 1.82) is 0 Å². The molecule has 0 aliphatic carbocycles. The number of rotatable bonds is 0. The maximum atomic E-state index is 8.44. The van der Waals surface area contributed by atoms with Gasteiger partial charge in [0.1, 0.15) is 0 Å². The average molecular weight is 65.1 g/mol. The molecule has 0 N–H and O–H groups in total. The molecule has 0 aliphatic heterocycles. The van der Waals surface area contributed by atoms with E-state index in [0.717, 1.165) is 0 Å². The lowest BCUT2D eigenvalue weighted by Gasteiger charge is -1.11. The highest BCUT2D eigenvalue weighted by atomic mass is 32.1. The summed E-state index contributed by atoms with van der Waals surface area (Å²) in [6, 6.07) is 0. The maximum Gasteiger partial charge on any atom is 0.425 e. The largest absolute Gasteiger partial charge is 0.425 e. The van der Waals surface area contributed by atoms with Gasteiger partial charge >= 0.3 is 10.6 Å². The van der Waals surface area contributed by atoms with Crippen LogP contribution in [0.5, 0.6) is 0 Å². The predicted molar refractivity (Wildman–Crippen MR) is 9.70 cm³/mol. The summed E-state index contributed by atoms with van der Waals surface area (Å²) < 4.78 is 25.3. The van der Waals surface area contributed by atoms with E-state index < -0.39 is 10.6 Å². The fourth-order valence-corrected chi connectivity index (χ4v) is 0. The second-order valence-corrected chi connectivity index (χ2v) is 0.612. The van der Waals surface area contributed by atoms with Gasteiger partial charge in [-0.15, -0.1) is 12.6 Å². The Bertz CT molecular complexity index is 72.7. The summed E-state index contributed by atoms with van der Waals surface area (Å²) in [5.74, 6) is 0. The average Bonchev–Trinajstić information content (AvgIpc) is 0.811. The third-order valence-corrected chi connectivity index (χ3v) is 0. The van der Waals surface area contributed by atoms with Crippen LogP contribution in [0.1, 0.15) is 0 Å². The van der Waals surface area contributed by atoms with Crippen molar-refractivity contribution < 1.29 is 12.6 Å². The summed E-state index contributed by atoms with van der Waals surface area (Å²) in [4.78, 5) is 0. The van der Waals surface area contributed by atoms with Gasteiger partial charge in [-0.25, -0.2) is 0 Å². The van der Waals surface area contributed by atoms with Crippen molar-refractivity contribution in [1.82, 2.24) is 0 Å². The Morgan fingerprint density at radius 3 is 1.50 bits per heavy atom. The van der Waals surface area contributed by atoms with Gasteiger partial charge in [0.25, 0.3) is 0 Å². The summed E-state index contributed by atoms with van der Waals surface area (Å²) in [6.45, 7) is 0. The highest BCUT2D eigenvalue weighted by molar-refractivity contribution is 7.59. The minimum absolute atomic E-state index is 3.11. The Morgan fingerprint density at radius 1 is 1.50 bits per heavy atom. The second kappa shape index (κ2) is 1.00. The highest BCUT2D eigenvalue weighted by Crippen LogP contribution is 1.07. The lowest BCUT2D eigenvalue weighted by molar-refractivity contribution is 0.559. The molecule has 0 spiro atoms. The number of hydrogen-bond donors (Lipinski definition) is 0. The molecule has 0 aromatic carbocycles. The monoisotopic (exact) mass is 65.0 g/mol. The molecule has 0 aromatic heterocycles. The first kappa shape index (κ1) is 3.62. The highest BCUT2D eigenvalue weighted by Gasteiger charge is 1.40. The Labute approximate surface area is 24.3 Å². The lowest BCUT2D eigenvalue weighted by Crippen LogP contribution is -1.40. The Balaban J connectivity index is 4.65. The van der Waals surface area contributed by atoms with E-state index in [0.29, 0.717) is 0 Å². The molecular formula is O3S. The van der Waals surface area contributed by atoms with E-state index in [4.69, 9.17) is 12.6 Å². The predicted octanol–water partition coefficient (Wildman–Crippen LogP) is -1.00. The molecule has 0 unspecified atom stereocenters. The molecule has 0 aromatic rings. The molecular weight excluding hydrogens is 65.1 g/mol. The van der Waals surface area contributed by atoms with E-state index in [1.165, 1.54) is 0 Å². The van der Waals surface area contributed by atoms with Crippen LogP contribution in [0.25, 0.3) is 0 Å². The van der Waals surface area contributed by atoms with Crippen molar-refractivity contribution in [2.45, 2.75) is 0 Å². The fourth-order valence-electron chi connectivity index (χ4n) is 0. The van der Waals surface area contributed by atoms with Gasteiger partial charge in [0, 0.05) is 0 Å². The molecule has 0 saturated heterocycles. The van der Waals surface area contributed by atoms with Crippen LogP contribution in [0.3, 0.4) is 0 Å². The zero-order valence-electron chi connectivity index (χ0n) is 1.63. The zero-order valence-corrected chi connectivity index (χ0v) is 2.45. The van der Waals surface area contributed by atoms with Crippen molar-refractivity contribution in [2.75, 3.05) is 0 Å². The molecule has 0 saturated carbocycles. The molecule has 3 nitrogen and oxygen atoms in total. The van der Waals surface area contributed by atoms with Crippen molar-refractivity contribution in [3.8, 4) is 0 Å². The molecule has 4 heavy (non-hydrogen) atoms. The molecule has 0 fully saturated rings. The normalized spacial score (nSPS) is 6.00. The smallest absolute Gasteiger partial charge is 0.142 e. The lowest BCUT2D eigenvalue weighted by atomic mass is 0.984. The van der Waals surface area contributed by atoms with Crippen LogP contribution in [-0.2, 0) is 10.6 Å². The zero-order chi connectivity index (χ0) is 3.58. The Hall–Kier alpha value is -0.380. The second-order valence-electron chi connectivity index (χ2n) is 0.204. The summed E-state index contributed by atoms with van der Waals surface area (Å²) in [6.07, 6.45) is 0. The summed E-state index contributed by atoms with van der Waals surface area (Å²) in [5.41, 5.74) is 0. The van der Waals surface area contributed by atoms with E-state index >= 15 is 0 Å². The first-order valence-corrected chi connectivity index (χ1v) is 1.50. The molecule has 0 heterocycles. The third-order valence-electron chi connectivity index (χ3n) is 0. The van der Waals surface area contributed by atoms with Crippen molar-refractivity contribution in [2.24, 2.45) is 0 Å². The first-order chi connectivity index (χ1) is 1.73. The van der Waals surface area contributed by atoms with E-state index in [1.54, 1.807) is 0 Å². The number of hydrogen-bond acceptors (Lipinski definition) is 3. The van der Waals surface area contributed by atoms with Gasteiger partial charge < -0.3 is 0 Å². The molecule has 4 heteroatoms. The van der Waals surface area contributed by atoms with Crippen LogP contribution in [0.15, 0.2) is 0 Å². The Morgan fingerprint density at radius 2 is 1.50 bits per heavy atom. The van der Waals surface area contributed by atoms with Gasteiger partial charge in [0.15, 0.2) is 0 Å². The Kier molecular flexibility index (Phi) is 0.907. The van der Waals surface area contributed by atoms with Gasteiger partial charge in [-0.2, -0.15) is 0 Å². The van der Waals surface area contributed by atoms with E-state index in [1.807, 2.05) is 0 Å². The summed E-state index contributed by atoms with van der Waals surface area (Å²) in [5, 5.41) is 0. The van der Waals surface area contributed by atoms with E-state index in [9.17, 15) is 0 Å². The molecule has 24 valence electrons. The topological polar surface area (TPSA) is 51.2 Å². The van der Waals surface area contributed by atoms with Gasteiger partial charge in [0.05, 0.1) is 0 Å². The van der Waals surface area contributed by atoms with E-state index in [-0.39, 0.29) is 0 Å². The third kappa shape index (κ3) is 4.31. The minimum atomic E-state index is -3.11. The molecule has 0 rings (SSSR count). The van der Waals surface area contributed by atoms with Gasteiger partial charge in [0.2, 0.25) is 0 Å². The van der Waals surface area contributed by atoms with Crippen molar-refractivity contribution in [3.63, 3.8) is 0 Å². The first-order valence-electron chi connectivity index (χ1n) is 0.500. The van der Waals surface area contributed by atoms with Gasteiger partial charge in [-0.05, 0) is 0 Å². The van der Waals surface area contributed by atoms with Crippen LogP contribution in [0.2, 0.25) is 0 Å². The van der Waals surface area contributed by atoms with Crippen molar-refractivity contribution >= 4 is 10.6 Å². The maximum absolute atomic E-state index is 8.44. The van der Waals surface area contributed by atoms with Crippen LogP contribution >= 0.6 is 0 Å². The van der Waals surface area contributed by atoms with E-state index in [2.05, 4.69) is 0 Å². The molecule has 0 bridgehead atoms. The SMILES string of the molecule is O=S(=O)=[1O]. The van der Waals surface area contributed by atoms with Gasteiger partial charge in [-0.1, -0.05) is 0 Å².